The van der Waals surface area contributed by atoms with Crippen molar-refractivity contribution in [2.45, 2.75) is 45.7 Å². The van der Waals surface area contributed by atoms with Gasteiger partial charge in [0.05, 0.1) is 6.04 Å². The van der Waals surface area contributed by atoms with Gasteiger partial charge in [-0.05, 0) is 80.9 Å². The fourth-order valence-electron chi connectivity index (χ4n) is 4.53. The van der Waals surface area contributed by atoms with Gasteiger partial charge < -0.3 is 5.32 Å². The highest BCUT2D eigenvalue weighted by molar-refractivity contribution is 5.94. The summed E-state index contributed by atoms with van der Waals surface area (Å²) in [7, 11) is 0. The molecule has 3 aromatic rings. The molecule has 0 unspecified atom stereocenters. The van der Waals surface area contributed by atoms with Crippen molar-refractivity contribution in [3.8, 4) is 0 Å². The Morgan fingerprint density at radius 3 is 2.22 bits per heavy atom. The number of piperidine rings is 1. The Labute approximate surface area is 192 Å². The summed E-state index contributed by atoms with van der Waals surface area (Å²) in [5.41, 5.74) is 5.79. The number of benzene rings is 3. The third kappa shape index (κ3) is 6.08. The maximum absolute atomic E-state index is 12.7. The monoisotopic (exact) mass is 426 g/mol. The average Bonchev–Trinajstić information content (AvgIpc) is 2.82. The van der Waals surface area contributed by atoms with Gasteiger partial charge in [0.15, 0.2) is 0 Å². The molecule has 3 nitrogen and oxygen atoms in total. The SMILES string of the molecule is Cc1ccc([C@@H](C)NC(=O)c2ccc(CN3CCC(Cc4ccccc4)CC3)cc2)cc1. The molecule has 1 amide bonds. The van der Waals surface area contributed by atoms with Gasteiger partial charge in [0.25, 0.3) is 5.91 Å². The molecular formula is C29H34N2O. The number of likely N-dealkylation sites (tertiary alicyclic amines) is 1. The molecule has 166 valence electrons. The van der Waals surface area contributed by atoms with E-state index in [0.29, 0.717) is 5.56 Å². The average molecular weight is 427 g/mol. The van der Waals surface area contributed by atoms with E-state index in [9.17, 15) is 4.79 Å². The molecule has 0 bridgehead atoms. The standard InChI is InChI=1S/C29H34N2O/c1-22-8-12-27(13-9-22)23(2)30-29(32)28-14-10-26(11-15-28)21-31-18-16-25(17-19-31)20-24-6-4-3-5-7-24/h3-15,23,25H,16-21H2,1-2H3,(H,30,32)/t23-/m1/s1. The molecule has 0 aliphatic carbocycles. The number of rotatable bonds is 7. The second kappa shape index (κ2) is 10.6. The molecule has 1 saturated heterocycles. The van der Waals surface area contributed by atoms with Crippen molar-refractivity contribution in [3.05, 3.63) is 107 Å². The molecule has 1 heterocycles. The number of nitrogens with one attached hydrogen (secondary N) is 1. The van der Waals surface area contributed by atoms with E-state index in [2.05, 4.69) is 83.9 Å². The van der Waals surface area contributed by atoms with Gasteiger partial charge >= 0.3 is 0 Å². The third-order valence-corrected chi connectivity index (χ3v) is 6.62. The van der Waals surface area contributed by atoms with E-state index in [1.165, 1.54) is 36.0 Å². The summed E-state index contributed by atoms with van der Waals surface area (Å²) in [6.45, 7) is 7.35. The first kappa shape index (κ1) is 22.3. The minimum absolute atomic E-state index is 0.0139. The number of carbonyl (C=O) groups excluding carboxylic acids is 1. The van der Waals surface area contributed by atoms with Crippen molar-refractivity contribution in [2.24, 2.45) is 5.92 Å². The van der Waals surface area contributed by atoms with Crippen LogP contribution >= 0.6 is 0 Å². The van der Waals surface area contributed by atoms with Crippen molar-refractivity contribution in [1.29, 1.82) is 0 Å². The molecule has 1 aliphatic heterocycles. The summed E-state index contributed by atoms with van der Waals surface area (Å²) in [5.74, 6) is 0.765. The van der Waals surface area contributed by atoms with Gasteiger partial charge in [0, 0.05) is 12.1 Å². The Hall–Kier alpha value is -2.91. The fraction of sp³-hybridized carbons (Fsp3) is 0.345. The molecule has 1 atom stereocenters. The van der Waals surface area contributed by atoms with Gasteiger partial charge in [-0.25, -0.2) is 0 Å². The zero-order valence-corrected chi connectivity index (χ0v) is 19.3. The summed E-state index contributed by atoms with van der Waals surface area (Å²) in [6.07, 6.45) is 3.71. The van der Waals surface area contributed by atoms with Crippen LogP contribution in [-0.4, -0.2) is 23.9 Å². The van der Waals surface area contributed by atoms with Crippen LogP contribution in [0, 0.1) is 12.8 Å². The summed E-state index contributed by atoms with van der Waals surface area (Å²) >= 11 is 0. The molecule has 1 aliphatic rings. The highest BCUT2D eigenvalue weighted by Gasteiger charge is 2.19. The summed E-state index contributed by atoms with van der Waals surface area (Å²) < 4.78 is 0. The molecule has 1 fully saturated rings. The van der Waals surface area contributed by atoms with Crippen molar-refractivity contribution < 1.29 is 4.79 Å². The fourth-order valence-corrected chi connectivity index (χ4v) is 4.53. The predicted octanol–water partition coefficient (Wildman–Crippen LogP) is 5.94. The van der Waals surface area contributed by atoms with Crippen LogP contribution in [0.25, 0.3) is 0 Å². The molecule has 0 aromatic heterocycles. The lowest BCUT2D eigenvalue weighted by atomic mass is 9.90. The first-order chi connectivity index (χ1) is 15.6. The lowest BCUT2D eigenvalue weighted by Gasteiger charge is -2.32. The van der Waals surface area contributed by atoms with E-state index < -0.39 is 0 Å². The number of hydrogen-bond acceptors (Lipinski definition) is 2. The summed E-state index contributed by atoms with van der Waals surface area (Å²) in [5, 5.41) is 3.11. The molecular weight excluding hydrogens is 392 g/mol. The van der Waals surface area contributed by atoms with Crippen molar-refractivity contribution in [3.63, 3.8) is 0 Å². The lowest BCUT2D eigenvalue weighted by Crippen LogP contribution is -2.33. The van der Waals surface area contributed by atoms with Crippen molar-refractivity contribution in [2.75, 3.05) is 13.1 Å². The van der Waals surface area contributed by atoms with Crippen LogP contribution in [-0.2, 0) is 13.0 Å². The van der Waals surface area contributed by atoms with Gasteiger partial charge in [-0.15, -0.1) is 0 Å². The zero-order valence-electron chi connectivity index (χ0n) is 19.3. The van der Waals surface area contributed by atoms with Crippen molar-refractivity contribution >= 4 is 5.91 Å². The maximum atomic E-state index is 12.7. The summed E-state index contributed by atoms with van der Waals surface area (Å²) in [6, 6.07) is 27.2. The Morgan fingerprint density at radius 2 is 1.56 bits per heavy atom. The molecule has 0 saturated carbocycles. The minimum atomic E-state index is -0.0219. The highest BCUT2D eigenvalue weighted by atomic mass is 16.1. The quantitative estimate of drug-likeness (QED) is 0.507. The number of hydrogen-bond donors (Lipinski definition) is 1. The van der Waals surface area contributed by atoms with Crippen LogP contribution < -0.4 is 5.32 Å². The van der Waals surface area contributed by atoms with Crippen LogP contribution in [0.2, 0.25) is 0 Å². The Morgan fingerprint density at radius 1 is 0.906 bits per heavy atom. The Balaban J connectivity index is 1.25. The normalized spacial score (nSPS) is 15.9. The number of nitrogens with zero attached hydrogens (tertiary/aromatic N) is 1. The van der Waals surface area contributed by atoms with E-state index in [1.807, 2.05) is 19.1 Å². The van der Waals surface area contributed by atoms with Gasteiger partial charge in [-0.2, -0.15) is 0 Å². The minimum Gasteiger partial charge on any atom is -0.346 e. The molecule has 1 N–H and O–H groups in total. The summed E-state index contributed by atoms with van der Waals surface area (Å²) in [4.78, 5) is 15.2. The molecule has 3 aromatic carbocycles. The van der Waals surface area contributed by atoms with E-state index in [-0.39, 0.29) is 11.9 Å². The third-order valence-electron chi connectivity index (χ3n) is 6.62. The number of aryl methyl sites for hydroxylation is 1. The number of carbonyl (C=O) groups is 1. The second-order valence-corrected chi connectivity index (χ2v) is 9.21. The van der Waals surface area contributed by atoms with Gasteiger partial charge in [0.2, 0.25) is 0 Å². The molecule has 0 spiro atoms. The molecule has 3 heteroatoms. The first-order valence-corrected chi connectivity index (χ1v) is 11.8. The van der Waals surface area contributed by atoms with E-state index in [4.69, 9.17) is 0 Å². The highest BCUT2D eigenvalue weighted by Crippen LogP contribution is 2.23. The molecule has 32 heavy (non-hydrogen) atoms. The van der Waals surface area contributed by atoms with Gasteiger partial charge in [0.1, 0.15) is 0 Å². The van der Waals surface area contributed by atoms with Crippen LogP contribution in [0.15, 0.2) is 78.9 Å². The Kier molecular flexibility index (Phi) is 7.39. The molecule has 4 rings (SSSR count). The van der Waals surface area contributed by atoms with E-state index in [1.54, 1.807) is 0 Å². The first-order valence-electron chi connectivity index (χ1n) is 11.8. The number of amides is 1. The van der Waals surface area contributed by atoms with Gasteiger partial charge in [-0.1, -0.05) is 72.3 Å². The Bertz CT molecular complexity index is 988. The molecule has 0 radical (unpaired) electrons. The maximum Gasteiger partial charge on any atom is 0.251 e. The predicted molar refractivity (Wildman–Crippen MR) is 132 cm³/mol. The van der Waals surface area contributed by atoms with Gasteiger partial charge in [-0.3, -0.25) is 9.69 Å². The largest absolute Gasteiger partial charge is 0.346 e. The van der Waals surface area contributed by atoms with Crippen molar-refractivity contribution in [1.82, 2.24) is 10.2 Å². The second-order valence-electron chi connectivity index (χ2n) is 9.21. The zero-order chi connectivity index (χ0) is 22.3. The van der Waals surface area contributed by atoms with Crippen LogP contribution in [0.4, 0.5) is 0 Å². The lowest BCUT2D eigenvalue weighted by molar-refractivity contribution is 0.0940. The smallest absolute Gasteiger partial charge is 0.251 e. The van der Waals surface area contributed by atoms with Crippen LogP contribution in [0.5, 0.6) is 0 Å². The van der Waals surface area contributed by atoms with Crippen LogP contribution in [0.1, 0.15) is 58.4 Å². The van der Waals surface area contributed by atoms with E-state index >= 15 is 0 Å². The van der Waals surface area contributed by atoms with Crippen LogP contribution in [0.3, 0.4) is 0 Å². The topological polar surface area (TPSA) is 32.3 Å². The van der Waals surface area contributed by atoms with E-state index in [0.717, 1.165) is 31.1 Å².